The second kappa shape index (κ2) is 8.25. The fourth-order valence-electron chi connectivity index (χ4n) is 2.11. The van der Waals surface area contributed by atoms with Gasteiger partial charge in [-0.05, 0) is 37.1 Å². The third-order valence-corrected chi connectivity index (χ3v) is 4.32. The minimum Gasteiger partial charge on any atom is -0.334 e. The van der Waals surface area contributed by atoms with Gasteiger partial charge in [-0.2, -0.15) is 0 Å². The second-order valence-corrected chi connectivity index (χ2v) is 6.85. The maximum absolute atomic E-state index is 4.24. The predicted octanol–water partition coefficient (Wildman–Crippen LogP) is 3.73. The van der Waals surface area contributed by atoms with E-state index in [1.165, 1.54) is 10.5 Å². The molecule has 21 heavy (non-hydrogen) atoms. The Morgan fingerprint density at radius 1 is 1.24 bits per heavy atom. The summed E-state index contributed by atoms with van der Waals surface area (Å²) >= 11 is 1.90. The fraction of sp³-hybridized carbons (Fsp3) is 0.471. The van der Waals surface area contributed by atoms with Crippen molar-refractivity contribution in [1.82, 2.24) is 14.9 Å². The van der Waals surface area contributed by atoms with Crippen LogP contribution in [0.25, 0.3) is 0 Å². The van der Waals surface area contributed by atoms with Crippen LogP contribution in [0, 0.1) is 12.8 Å². The highest BCUT2D eigenvalue weighted by atomic mass is 32.2. The van der Waals surface area contributed by atoms with E-state index in [-0.39, 0.29) is 0 Å². The Kier molecular flexibility index (Phi) is 6.33. The molecule has 0 aliphatic carbocycles. The Bertz CT molecular complexity index is 531. The average Bonchev–Trinajstić information content (AvgIpc) is 2.86. The van der Waals surface area contributed by atoms with E-state index in [1.54, 1.807) is 0 Å². The van der Waals surface area contributed by atoms with Crippen LogP contribution in [0.5, 0.6) is 0 Å². The van der Waals surface area contributed by atoms with Crippen molar-refractivity contribution < 1.29 is 0 Å². The zero-order chi connectivity index (χ0) is 15.1. The third kappa shape index (κ3) is 5.56. The molecule has 1 aromatic carbocycles. The normalized spacial score (nSPS) is 11.2. The highest BCUT2D eigenvalue weighted by Gasteiger charge is 1.99. The van der Waals surface area contributed by atoms with Crippen LogP contribution in [0.1, 0.15) is 25.2 Å². The number of imidazole rings is 1. The standard InChI is InChI=1S/C17H25N3S/c1-14(2)12-18-13-16-4-6-17(7-5-16)21-11-10-20-9-8-19-15(20)3/h4-9,14,18H,10-13H2,1-3H3. The lowest BCUT2D eigenvalue weighted by molar-refractivity contribution is 0.552. The lowest BCUT2D eigenvalue weighted by Crippen LogP contribution is -2.18. The minimum absolute atomic E-state index is 0.700. The van der Waals surface area contributed by atoms with E-state index in [9.17, 15) is 0 Å². The van der Waals surface area contributed by atoms with Crippen molar-refractivity contribution in [3.63, 3.8) is 0 Å². The minimum atomic E-state index is 0.700. The quantitative estimate of drug-likeness (QED) is 0.754. The number of nitrogens with zero attached hydrogens (tertiary/aromatic N) is 2. The zero-order valence-electron chi connectivity index (χ0n) is 13.2. The van der Waals surface area contributed by atoms with E-state index in [4.69, 9.17) is 0 Å². The molecule has 0 amide bonds. The van der Waals surface area contributed by atoms with Gasteiger partial charge in [0.2, 0.25) is 0 Å². The van der Waals surface area contributed by atoms with E-state index >= 15 is 0 Å². The topological polar surface area (TPSA) is 29.9 Å². The molecule has 1 heterocycles. The van der Waals surface area contributed by atoms with Crippen LogP contribution in [0.4, 0.5) is 0 Å². The molecule has 0 bridgehead atoms. The van der Waals surface area contributed by atoms with Gasteiger partial charge < -0.3 is 9.88 Å². The van der Waals surface area contributed by atoms with Crippen molar-refractivity contribution in [3.05, 3.63) is 48.0 Å². The Labute approximate surface area is 132 Å². The van der Waals surface area contributed by atoms with Gasteiger partial charge in [0.1, 0.15) is 5.82 Å². The fourth-order valence-corrected chi connectivity index (χ4v) is 2.96. The summed E-state index contributed by atoms with van der Waals surface area (Å²) in [6, 6.07) is 8.88. The van der Waals surface area contributed by atoms with Crippen molar-refractivity contribution in [2.75, 3.05) is 12.3 Å². The van der Waals surface area contributed by atoms with Gasteiger partial charge in [0, 0.05) is 36.1 Å². The molecule has 114 valence electrons. The molecule has 0 spiro atoms. The number of hydrogen-bond acceptors (Lipinski definition) is 3. The molecule has 0 fully saturated rings. The SMILES string of the molecule is Cc1nccn1CCSc1ccc(CNCC(C)C)cc1. The van der Waals surface area contributed by atoms with Gasteiger partial charge in [-0.3, -0.25) is 0 Å². The van der Waals surface area contributed by atoms with Crippen LogP contribution >= 0.6 is 11.8 Å². The van der Waals surface area contributed by atoms with E-state index < -0.39 is 0 Å². The second-order valence-electron chi connectivity index (χ2n) is 5.69. The van der Waals surface area contributed by atoms with E-state index in [2.05, 4.69) is 53.0 Å². The van der Waals surface area contributed by atoms with E-state index in [0.717, 1.165) is 31.2 Å². The molecular weight excluding hydrogens is 278 g/mol. The first kappa shape index (κ1) is 16.1. The summed E-state index contributed by atoms with van der Waals surface area (Å²) in [6.45, 7) is 9.54. The lowest BCUT2D eigenvalue weighted by Gasteiger charge is -2.08. The molecule has 0 aliphatic heterocycles. The molecule has 0 unspecified atom stereocenters. The van der Waals surface area contributed by atoms with Crippen LogP contribution in [0.15, 0.2) is 41.6 Å². The van der Waals surface area contributed by atoms with Gasteiger partial charge in [0.05, 0.1) is 0 Å². The smallest absolute Gasteiger partial charge is 0.105 e. The third-order valence-electron chi connectivity index (χ3n) is 3.33. The zero-order valence-corrected chi connectivity index (χ0v) is 14.0. The summed E-state index contributed by atoms with van der Waals surface area (Å²) in [7, 11) is 0. The summed E-state index contributed by atoms with van der Waals surface area (Å²) in [4.78, 5) is 5.58. The average molecular weight is 303 g/mol. The van der Waals surface area contributed by atoms with E-state index in [0.29, 0.717) is 5.92 Å². The molecule has 0 atom stereocenters. The van der Waals surface area contributed by atoms with Gasteiger partial charge >= 0.3 is 0 Å². The molecule has 4 heteroatoms. The van der Waals surface area contributed by atoms with Crippen molar-refractivity contribution in [1.29, 1.82) is 0 Å². The molecule has 0 aliphatic rings. The summed E-state index contributed by atoms with van der Waals surface area (Å²) in [5, 5.41) is 3.47. The van der Waals surface area contributed by atoms with Crippen molar-refractivity contribution >= 4 is 11.8 Å². The van der Waals surface area contributed by atoms with Crippen molar-refractivity contribution in [3.8, 4) is 0 Å². The van der Waals surface area contributed by atoms with Gasteiger partial charge in [-0.1, -0.05) is 26.0 Å². The van der Waals surface area contributed by atoms with Crippen molar-refractivity contribution in [2.45, 2.75) is 38.8 Å². The van der Waals surface area contributed by atoms with Crippen LogP contribution < -0.4 is 5.32 Å². The molecule has 0 saturated heterocycles. The van der Waals surface area contributed by atoms with E-state index in [1.807, 2.05) is 31.1 Å². The number of nitrogens with one attached hydrogen (secondary N) is 1. The molecule has 1 aromatic heterocycles. The molecular formula is C17H25N3S. The molecule has 0 saturated carbocycles. The summed E-state index contributed by atoms with van der Waals surface area (Å²) in [5.74, 6) is 2.86. The monoisotopic (exact) mass is 303 g/mol. The number of thioether (sulfide) groups is 1. The Morgan fingerprint density at radius 3 is 2.62 bits per heavy atom. The van der Waals surface area contributed by atoms with Gasteiger partial charge in [-0.15, -0.1) is 11.8 Å². The number of benzene rings is 1. The summed E-state index contributed by atoms with van der Waals surface area (Å²) in [6.07, 6.45) is 3.90. The van der Waals surface area contributed by atoms with Gasteiger partial charge in [-0.25, -0.2) is 4.98 Å². The Morgan fingerprint density at radius 2 is 2.00 bits per heavy atom. The first-order valence-electron chi connectivity index (χ1n) is 7.55. The maximum atomic E-state index is 4.24. The van der Waals surface area contributed by atoms with Crippen LogP contribution in [0.3, 0.4) is 0 Å². The van der Waals surface area contributed by atoms with Gasteiger partial charge in [0.25, 0.3) is 0 Å². The molecule has 2 aromatic rings. The lowest BCUT2D eigenvalue weighted by atomic mass is 10.2. The number of hydrogen-bond donors (Lipinski definition) is 1. The summed E-state index contributed by atoms with van der Waals surface area (Å²) < 4.78 is 2.19. The number of aryl methyl sites for hydroxylation is 2. The first-order chi connectivity index (χ1) is 10.1. The van der Waals surface area contributed by atoms with Crippen LogP contribution in [-0.4, -0.2) is 21.8 Å². The molecule has 2 rings (SSSR count). The first-order valence-corrected chi connectivity index (χ1v) is 8.54. The molecule has 3 nitrogen and oxygen atoms in total. The maximum Gasteiger partial charge on any atom is 0.105 e. The molecule has 1 N–H and O–H groups in total. The number of aromatic nitrogens is 2. The highest BCUT2D eigenvalue weighted by molar-refractivity contribution is 7.99. The largest absolute Gasteiger partial charge is 0.334 e. The summed E-state index contributed by atoms with van der Waals surface area (Å²) in [5.41, 5.74) is 1.35. The predicted molar refractivity (Wildman–Crippen MR) is 90.7 cm³/mol. The molecule has 0 radical (unpaired) electrons. The van der Waals surface area contributed by atoms with Crippen molar-refractivity contribution in [2.24, 2.45) is 5.92 Å². The van der Waals surface area contributed by atoms with Crippen LogP contribution in [0.2, 0.25) is 0 Å². The Hall–Kier alpha value is -1.26. The van der Waals surface area contributed by atoms with Gasteiger partial charge in [0.15, 0.2) is 0 Å². The number of rotatable bonds is 8. The van der Waals surface area contributed by atoms with Crippen LogP contribution in [-0.2, 0) is 13.1 Å². The highest BCUT2D eigenvalue weighted by Crippen LogP contribution is 2.19. The Balaban J connectivity index is 1.73.